The van der Waals surface area contributed by atoms with Crippen molar-refractivity contribution in [3.05, 3.63) is 129 Å². The quantitative estimate of drug-likeness (QED) is 0.0790. The van der Waals surface area contributed by atoms with Gasteiger partial charge in [-0.15, -0.1) is 0 Å². The Morgan fingerprint density at radius 2 is 1.67 bits per heavy atom. The fourth-order valence-corrected chi connectivity index (χ4v) is 7.54. The van der Waals surface area contributed by atoms with Gasteiger partial charge in [0.2, 0.25) is 0 Å². The van der Waals surface area contributed by atoms with Crippen LogP contribution in [0.15, 0.2) is 85.2 Å². The number of benzene rings is 4. The van der Waals surface area contributed by atoms with Gasteiger partial charge in [-0.05, 0) is 103 Å². The van der Waals surface area contributed by atoms with Crippen molar-refractivity contribution in [3.63, 3.8) is 0 Å². The SMILES string of the molecule is CNc1cncc(COc2cc(OCc3cccc(-c4cccc(-c5ccc6c(c5)CCC6N(C)C)c4C)c3C)c(Cl)cc2CNC[C@@H](O)CC(=O)O)c1. The molecule has 0 fully saturated rings. The van der Waals surface area contributed by atoms with Crippen molar-refractivity contribution in [3.8, 4) is 33.8 Å². The summed E-state index contributed by atoms with van der Waals surface area (Å²) in [6, 6.07) is 25.8. The van der Waals surface area contributed by atoms with Crippen molar-refractivity contribution in [2.24, 2.45) is 0 Å². The summed E-state index contributed by atoms with van der Waals surface area (Å²) in [5.74, 6) is -0.0428. The van der Waals surface area contributed by atoms with Gasteiger partial charge in [-0.1, -0.05) is 66.2 Å². The lowest BCUT2D eigenvalue weighted by molar-refractivity contribution is -0.139. The van der Waals surface area contributed by atoms with E-state index in [1.165, 1.54) is 33.4 Å². The molecule has 0 spiro atoms. The number of aliphatic hydroxyl groups is 1. The molecule has 0 bridgehead atoms. The molecule has 4 aromatic carbocycles. The molecule has 4 N–H and O–H groups in total. The number of rotatable bonds is 16. The van der Waals surface area contributed by atoms with Gasteiger partial charge in [0.25, 0.3) is 0 Å². The van der Waals surface area contributed by atoms with Gasteiger partial charge in [-0.3, -0.25) is 9.78 Å². The van der Waals surface area contributed by atoms with E-state index in [1.807, 2.05) is 13.1 Å². The van der Waals surface area contributed by atoms with Gasteiger partial charge >= 0.3 is 5.97 Å². The molecule has 54 heavy (non-hydrogen) atoms. The molecule has 1 unspecified atom stereocenters. The van der Waals surface area contributed by atoms with Crippen LogP contribution >= 0.6 is 11.6 Å². The van der Waals surface area contributed by atoms with Crippen LogP contribution in [0.1, 0.15) is 57.8 Å². The molecule has 1 aliphatic carbocycles. The standard InChI is InChI=1S/C44H49ClN4O5/c1-27-32(8-6-10-37(27)38-11-7-9-36(28(38)2)30-12-14-39-31(17-30)13-15-41(39)49(4)5)26-54-43-20-42(53-25-29-16-34(46-3)23-47-21-29)33(18-40(43)45)22-48-24-35(50)19-44(51)52/h6-12,14,16-18,20-21,23,35,41,46,48,50H,13,15,19,22,24-26H2,1-5H3,(H,51,52)/t35-,41?/m0/s1. The number of nitrogens with zero attached hydrogens (tertiary/aromatic N) is 2. The number of aromatic nitrogens is 1. The Hall–Kier alpha value is -4.93. The number of aryl methyl sites for hydroxylation is 1. The van der Waals surface area contributed by atoms with Crippen molar-refractivity contribution in [1.29, 1.82) is 0 Å². The molecule has 1 heterocycles. The first-order chi connectivity index (χ1) is 26.0. The third-order valence-electron chi connectivity index (χ3n) is 10.3. The second kappa shape index (κ2) is 17.5. The molecular formula is C44H49ClN4O5. The third-order valence-corrected chi connectivity index (χ3v) is 10.6. The predicted octanol–water partition coefficient (Wildman–Crippen LogP) is 8.36. The van der Waals surface area contributed by atoms with Crippen LogP contribution in [0, 0.1) is 13.8 Å². The predicted molar refractivity (Wildman–Crippen MR) is 215 cm³/mol. The first kappa shape index (κ1) is 38.8. The van der Waals surface area contributed by atoms with Crippen molar-refractivity contribution < 1.29 is 24.5 Å². The van der Waals surface area contributed by atoms with E-state index in [-0.39, 0.29) is 19.6 Å². The number of pyridine rings is 1. The number of ether oxygens (including phenoxy) is 2. The van der Waals surface area contributed by atoms with Crippen LogP contribution in [-0.4, -0.2) is 59.9 Å². The summed E-state index contributed by atoms with van der Waals surface area (Å²) in [5, 5.41) is 25.7. The van der Waals surface area contributed by atoms with Crippen LogP contribution in [0.4, 0.5) is 5.69 Å². The Balaban J connectivity index is 1.22. The number of carboxylic acid groups (broad SMARTS) is 1. The van der Waals surface area contributed by atoms with Crippen molar-refractivity contribution in [1.82, 2.24) is 15.2 Å². The fourth-order valence-electron chi connectivity index (χ4n) is 7.30. The van der Waals surface area contributed by atoms with E-state index in [2.05, 4.69) is 103 Å². The lowest BCUT2D eigenvalue weighted by Gasteiger charge is -2.20. The molecule has 2 atom stereocenters. The summed E-state index contributed by atoms with van der Waals surface area (Å²) in [7, 11) is 6.15. The number of aliphatic carboxylic acids is 1. The van der Waals surface area contributed by atoms with E-state index >= 15 is 0 Å². The Morgan fingerprint density at radius 3 is 2.43 bits per heavy atom. The second-order valence-corrected chi connectivity index (χ2v) is 14.6. The molecule has 6 rings (SSSR count). The molecule has 0 saturated carbocycles. The molecule has 1 aliphatic rings. The number of halogens is 1. The minimum Gasteiger partial charge on any atom is -0.488 e. The molecule has 9 nitrogen and oxygen atoms in total. The lowest BCUT2D eigenvalue weighted by Crippen LogP contribution is -2.28. The zero-order valence-electron chi connectivity index (χ0n) is 31.6. The van der Waals surface area contributed by atoms with E-state index in [0.29, 0.717) is 35.7 Å². The minimum absolute atomic E-state index is 0.0955. The minimum atomic E-state index is -1.06. The monoisotopic (exact) mass is 748 g/mol. The Kier molecular flexibility index (Phi) is 12.6. The zero-order valence-corrected chi connectivity index (χ0v) is 32.3. The highest BCUT2D eigenvalue weighted by atomic mass is 35.5. The number of fused-ring (bicyclic) bond motifs is 1. The molecular weight excluding hydrogens is 700 g/mol. The van der Waals surface area contributed by atoms with Crippen LogP contribution in [-0.2, 0) is 31.0 Å². The van der Waals surface area contributed by atoms with Gasteiger partial charge in [0, 0.05) is 55.8 Å². The Bertz CT molecular complexity index is 2120. The van der Waals surface area contributed by atoms with E-state index in [1.54, 1.807) is 24.5 Å². The second-order valence-electron chi connectivity index (χ2n) is 14.2. The lowest BCUT2D eigenvalue weighted by atomic mass is 9.89. The topological polar surface area (TPSA) is 116 Å². The zero-order chi connectivity index (χ0) is 38.4. The van der Waals surface area contributed by atoms with Gasteiger partial charge in [0.1, 0.15) is 24.7 Å². The number of anilines is 1. The van der Waals surface area contributed by atoms with E-state index in [9.17, 15) is 9.90 Å². The normalized spacial score (nSPS) is 14.2. The maximum atomic E-state index is 11.0. The number of hydrogen-bond donors (Lipinski definition) is 4. The van der Waals surface area contributed by atoms with Gasteiger partial charge in [-0.25, -0.2) is 0 Å². The maximum Gasteiger partial charge on any atom is 0.306 e. The van der Waals surface area contributed by atoms with Crippen LogP contribution in [0.3, 0.4) is 0 Å². The molecule has 0 radical (unpaired) electrons. The molecule has 0 aliphatic heterocycles. The summed E-state index contributed by atoms with van der Waals surface area (Å²) < 4.78 is 12.7. The highest BCUT2D eigenvalue weighted by Gasteiger charge is 2.25. The first-order valence-electron chi connectivity index (χ1n) is 18.3. The van der Waals surface area contributed by atoms with Crippen LogP contribution in [0.5, 0.6) is 11.5 Å². The summed E-state index contributed by atoms with van der Waals surface area (Å²) in [6.45, 7) is 5.27. The van der Waals surface area contributed by atoms with Gasteiger partial charge in [0.05, 0.1) is 23.2 Å². The average molecular weight is 749 g/mol. The Morgan fingerprint density at radius 1 is 0.926 bits per heavy atom. The fraction of sp³-hybridized carbons (Fsp3) is 0.318. The number of aliphatic hydroxyl groups excluding tert-OH is 1. The van der Waals surface area contributed by atoms with Gasteiger partial charge < -0.3 is 35.2 Å². The van der Waals surface area contributed by atoms with Gasteiger partial charge in [-0.2, -0.15) is 0 Å². The summed E-state index contributed by atoms with van der Waals surface area (Å²) in [6.07, 6.45) is 4.36. The molecule has 0 saturated heterocycles. The molecule has 0 amide bonds. The highest BCUT2D eigenvalue weighted by molar-refractivity contribution is 6.32. The number of carboxylic acids is 1. The van der Waals surface area contributed by atoms with E-state index in [0.717, 1.165) is 46.3 Å². The van der Waals surface area contributed by atoms with Crippen molar-refractivity contribution >= 4 is 23.3 Å². The highest BCUT2D eigenvalue weighted by Crippen LogP contribution is 2.40. The van der Waals surface area contributed by atoms with Crippen molar-refractivity contribution in [2.75, 3.05) is 33.0 Å². The number of nitrogens with one attached hydrogen (secondary N) is 2. The van der Waals surface area contributed by atoms with Crippen LogP contribution < -0.4 is 20.1 Å². The van der Waals surface area contributed by atoms with Crippen LogP contribution in [0.2, 0.25) is 5.02 Å². The van der Waals surface area contributed by atoms with E-state index in [4.69, 9.17) is 26.2 Å². The summed E-state index contributed by atoms with van der Waals surface area (Å²) in [5.41, 5.74) is 13.6. The summed E-state index contributed by atoms with van der Waals surface area (Å²) >= 11 is 6.80. The smallest absolute Gasteiger partial charge is 0.306 e. The Labute approximate surface area is 322 Å². The molecule has 5 aromatic rings. The third kappa shape index (κ3) is 9.05. The largest absolute Gasteiger partial charge is 0.488 e. The maximum absolute atomic E-state index is 11.0. The molecule has 10 heteroatoms. The summed E-state index contributed by atoms with van der Waals surface area (Å²) in [4.78, 5) is 17.6. The molecule has 1 aromatic heterocycles. The number of carbonyl (C=O) groups is 1. The van der Waals surface area contributed by atoms with Crippen LogP contribution in [0.25, 0.3) is 22.3 Å². The van der Waals surface area contributed by atoms with Gasteiger partial charge in [0.15, 0.2) is 0 Å². The van der Waals surface area contributed by atoms with Crippen molar-refractivity contribution in [2.45, 2.75) is 65.0 Å². The van der Waals surface area contributed by atoms with E-state index < -0.39 is 12.1 Å². The first-order valence-corrected chi connectivity index (χ1v) is 18.7. The number of hydrogen-bond acceptors (Lipinski definition) is 8. The molecule has 282 valence electrons. The average Bonchev–Trinajstić information content (AvgIpc) is 3.58.